The molecule has 1 saturated heterocycles. The van der Waals surface area contributed by atoms with E-state index in [1.807, 2.05) is 0 Å². The van der Waals surface area contributed by atoms with Gasteiger partial charge in [-0.15, -0.1) is 0 Å². The van der Waals surface area contributed by atoms with E-state index in [1.165, 1.54) is 17.7 Å². The molecule has 116 valence electrons. The molecular formula is C17H27N3O. The molecule has 4 heteroatoms. The van der Waals surface area contributed by atoms with E-state index in [0.29, 0.717) is 12.1 Å². The van der Waals surface area contributed by atoms with Crippen molar-refractivity contribution in [3.05, 3.63) is 29.8 Å². The van der Waals surface area contributed by atoms with E-state index in [4.69, 9.17) is 4.74 Å². The van der Waals surface area contributed by atoms with Gasteiger partial charge in [0.1, 0.15) is 0 Å². The van der Waals surface area contributed by atoms with Crippen LogP contribution in [0.4, 0.5) is 5.69 Å². The number of para-hydroxylation sites is 1. The van der Waals surface area contributed by atoms with Crippen LogP contribution < -0.4 is 10.2 Å². The Morgan fingerprint density at radius 2 is 2.14 bits per heavy atom. The number of fused-ring (bicyclic) bond motifs is 1. The molecule has 0 saturated carbocycles. The lowest BCUT2D eigenvalue weighted by molar-refractivity contribution is -0.0149. The van der Waals surface area contributed by atoms with Crippen molar-refractivity contribution < 1.29 is 4.74 Å². The van der Waals surface area contributed by atoms with Crippen LogP contribution in [0.1, 0.15) is 24.9 Å². The highest BCUT2D eigenvalue weighted by Crippen LogP contribution is 2.33. The molecule has 0 aliphatic carbocycles. The van der Waals surface area contributed by atoms with Crippen LogP contribution in [0.5, 0.6) is 0 Å². The van der Waals surface area contributed by atoms with E-state index in [-0.39, 0.29) is 0 Å². The van der Waals surface area contributed by atoms with Crippen LogP contribution in [-0.2, 0) is 4.74 Å². The molecule has 2 unspecified atom stereocenters. The lowest BCUT2D eigenvalue weighted by atomic mass is 9.96. The van der Waals surface area contributed by atoms with Crippen molar-refractivity contribution >= 4 is 5.69 Å². The van der Waals surface area contributed by atoms with Crippen LogP contribution in [0.2, 0.25) is 0 Å². The Bertz CT molecular complexity index is 465. The average Bonchev–Trinajstić information content (AvgIpc) is 2.50. The number of benzene rings is 1. The number of likely N-dealkylation sites (N-methyl/N-ethyl adjacent to an activating group) is 1. The van der Waals surface area contributed by atoms with E-state index in [2.05, 4.69) is 53.4 Å². The van der Waals surface area contributed by atoms with E-state index in [1.54, 1.807) is 0 Å². The van der Waals surface area contributed by atoms with Gasteiger partial charge in [0.25, 0.3) is 0 Å². The largest absolute Gasteiger partial charge is 0.374 e. The van der Waals surface area contributed by atoms with E-state index in [0.717, 1.165) is 39.3 Å². The van der Waals surface area contributed by atoms with Crippen molar-refractivity contribution in [3.63, 3.8) is 0 Å². The molecule has 1 fully saturated rings. The summed E-state index contributed by atoms with van der Waals surface area (Å²) < 4.78 is 5.94. The Morgan fingerprint density at radius 1 is 1.29 bits per heavy atom. The Morgan fingerprint density at radius 3 is 2.95 bits per heavy atom. The summed E-state index contributed by atoms with van der Waals surface area (Å²) in [5, 5.41) is 3.61. The van der Waals surface area contributed by atoms with Gasteiger partial charge in [-0.2, -0.15) is 0 Å². The molecule has 1 aromatic rings. The summed E-state index contributed by atoms with van der Waals surface area (Å²) in [7, 11) is 2.18. The number of rotatable bonds is 4. The highest BCUT2D eigenvalue weighted by Gasteiger charge is 2.27. The molecule has 0 amide bonds. The molecule has 3 rings (SSSR count). The quantitative estimate of drug-likeness (QED) is 0.916. The van der Waals surface area contributed by atoms with Crippen molar-refractivity contribution in [3.8, 4) is 0 Å². The second-order valence-electron chi connectivity index (χ2n) is 6.16. The second kappa shape index (κ2) is 6.77. The van der Waals surface area contributed by atoms with Crippen molar-refractivity contribution in [2.75, 3.05) is 51.3 Å². The van der Waals surface area contributed by atoms with Crippen molar-refractivity contribution in [2.45, 2.75) is 25.5 Å². The molecule has 2 heterocycles. The van der Waals surface area contributed by atoms with Gasteiger partial charge in [-0.05, 0) is 31.6 Å². The summed E-state index contributed by atoms with van der Waals surface area (Å²) in [4.78, 5) is 4.87. The molecule has 0 spiro atoms. The third-order valence-corrected chi connectivity index (χ3v) is 4.56. The fourth-order valence-electron chi connectivity index (χ4n) is 3.50. The first-order valence-corrected chi connectivity index (χ1v) is 8.15. The molecule has 0 bridgehead atoms. The zero-order valence-electron chi connectivity index (χ0n) is 13.2. The first-order chi connectivity index (χ1) is 10.3. The average molecular weight is 289 g/mol. The fraction of sp³-hybridized carbons (Fsp3) is 0.647. The van der Waals surface area contributed by atoms with Gasteiger partial charge >= 0.3 is 0 Å². The number of hydrogen-bond donors (Lipinski definition) is 1. The van der Waals surface area contributed by atoms with Gasteiger partial charge in [0.05, 0.1) is 12.7 Å². The van der Waals surface area contributed by atoms with E-state index >= 15 is 0 Å². The first kappa shape index (κ1) is 14.8. The minimum Gasteiger partial charge on any atom is -0.374 e. The molecular weight excluding hydrogens is 262 g/mol. The molecule has 0 aromatic heterocycles. The normalized spacial score (nSPS) is 26.7. The maximum Gasteiger partial charge on any atom is 0.0876 e. The molecule has 2 aliphatic heterocycles. The van der Waals surface area contributed by atoms with Gasteiger partial charge < -0.3 is 19.9 Å². The molecule has 1 N–H and O–H groups in total. The molecule has 21 heavy (non-hydrogen) atoms. The summed E-state index contributed by atoms with van der Waals surface area (Å²) in [5.74, 6) is 0. The summed E-state index contributed by atoms with van der Waals surface area (Å²) in [5.41, 5.74) is 2.82. The monoisotopic (exact) mass is 289 g/mol. The Kier molecular flexibility index (Phi) is 4.78. The van der Waals surface area contributed by atoms with Gasteiger partial charge in [-0.25, -0.2) is 0 Å². The van der Waals surface area contributed by atoms with Gasteiger partial charge in [0.15, 0.2) is 0 Å². The molecule has 4 nitrogen and oxygen atoms in total. The minimum atomic E-state index is 0.326. The second-order valence-corrected chi connectivity index (χ2v) is 6.16. The summed E-state index contributed by atoms with van der Waals surface area (Å²) in [6.45, 7) is 8.26. The number of nitrogens with one attached hydrogen (secondary N) is 1. The van der Waals surface area contributed by atoms with Crippen LogP contribution in [0.25, 0.3) is 0 Å². The summed E-state index contributed by atoms with van der Waals surface area (Å²) in [6.07, 6.45) is 1.50. The Hall–Kier alpha value is -1.10. The standard InChI is InChI=1S/C17H27N3O/c1-3-18-16-8-9-20(17-7-5-4-6-15(16)17)13-14-12-19(2)10-11-21-14/h4-7,14,16,18H,3,8-13H2,1-2H3. The van der Waals surface area contributed by atoms with Gasteiger partial charge in [-0.3, -0.25) is 0 Å². The van der Waals surface area contributed by atoms with Crippen molar-refractivity contribution in [2.24, 2.45) is 0 Å². The fourth-order valence-corrected chi connectivity index (χ4v) is 3.50. The third-order valence-electron chi connectivity index (χ3n) is 4.56. The van der Waals surface area contributed by atoms with Crippen LogP contribution in [0.15, 0.2) is 24.3 Å². The zero-order chi connectivity index (χ0) is 14.7. The topological polar surface area (TPSA) is 27.7 Å². The van der Waals surface area contributed by atoms with Crippen LogP contribution in [0.3, 0.4) is 0 Å². The number of nitrogens with zero attached hydrogens (tertiary/aromatic N) is 2. The van der Waals surface area contributed by atoms with E-state index < -0.39 is 0 Å². The molecule has 2 aliphatic rings. The number of ether oxygens (including phenoxy) is 1. The predicted octanol–water partition coefficient (Wildman–Crippen LogP) is 1.88. The molecule has 0 radical (unpaired) electrons. The van der Waals surface area contributed by atoms with Gasteiger partial charge in [0, 0.05) is 37.9 Å². The highest BCUT2D eigenvalue weighted by atomic mass is 16.5. The van der Waals surface area contributed by atoms with E-state index in [9.17, 15) is 0 Å². The van der Waals surface area contributed by atoms with Gasteiger partial charge in [-0.1, -0.05) is 25.1 Å². The third kappa shape index (κ3) is 3.39. The molecule has 1 aromatic carbocycles. The van der Waals surface area contributed by atoms with Crippen LogP contribution in [-0.4, -0.2) is 57.4 Å². The Labute approximate surface area is 128 Å². The zero-order valence-corrected chi connectivity index (χ0v) is 13.2. The minimum absolute atomic E-state index is 0.326. The number of hydrogen-bond acceptors (Lipinski definition) is 4. The predicted molar refractivity (Wildman–Crippen MR) is 86.9 cm³/mol. The lowest BCUT2D eigenvalue weighted by Crippen LogP contribution is -2.48. The van der Waals surface area contributed by atoms with Crippen LogP contribution in [0, 0.1) is 0 Å². The smallest absolute Gasteiger partial charge is 0.0876 e. The van der Waals surface area contributed by atoms with Gasteiger partial charge in [0.2, 0.25) is 0 Å². The number of anilines is 1. The first-order valence-electron chi connectivity index (χ1n) is 8.15. The SMILES string of the molecule is CCNC1CCN(CC2CN(C)CCO2)c2ccccc21. The maximum absolute atomic E-state index is 5.94. The van der Waals surface area contributed by atoms with Crippen LogP contribution >= 0.6 is 0 Å². The summed E-state index contributed by atoms with van der Waals surface area (Å²) in [6, 6.07) is 9.32. The highest BCUT2D eigenvalue weighted by molar-refractivity contribution is 5.57. The summed E-state index contributed by atoms with van der Waals surface area (Å²) >= 11 is 0. The maximum atomic E-state index is 5.94. The van der Waals surface area contributed by atoms with Crippen molar-refractivity contribution in [1.29, 1.82) is 0 Å². The van der Waals surface area contributed by atoms with Crippen molar-refractivity contribution in [1.82, 2.24) is 10.2 Å². The Balaban J connectivity index is 1.73. The lowest BCUT2D eigenvalue weighted by Gasteiger charge is -2.39. The number of morpholine rings is 1. The molecule has 2 atom stereocenters.